The van der Waals surface area contributed by atoms with E-state index < -0.39 is 0 Å². The lowest BCUT2D eigenvalue weighted by atomic mass is 9.91. The molecule has 2 nitrogen and oxygen atoms in total. The fourth-order valence-electron chi connectivity index (χ4n) is 2.74. The number of anilines is 1. The van der Waals surface area contributed by atoms with Crippen LogP contribution in [-0.4, -0.2) is 31.1 Å². The Morgan fingerprint density at radius 3 is 2.94 bits per heavy atom. The van der Waals surface area contributed by atoms with E-state index in [1.54, 1.807) is 0 Å². The first kappa shape index (κ1) is 14.1. The zero-order chi connectivity index (χ0) is 13.1. The van der Waals surface area contributed by atoms with Crippen molar-refractivity contribution in [3.8, 4) is 0 Å². The van der Waals surface area contributed by atoms with Gasteiger partial charge in [-0.1, -0.05) is 6.07 Å². The van der Waals surface area contributed by atoms with Crippen molar-refractivity contribution in [2.45, 2.75) is 32.7 Å². The zero-order valence-electron chi connectivity index (χ0n) is 11.5. The van der Waals surface area contributed by atoms with Gasteiger partial charge in [0.25, 0.3) is 0 Å². The summed E-state index contributed by atoms with van der Waals surface area (Å²) >= 11 is 2.41. The topological polar surface area (TPSA) is 15.3 Å². The van der Waals surface area contributed by atoms with Crippen LogP contribution in [0.3, 0.4) is 0 Å². The van der Waals surface area contributed by atoms with Gasteiger partial charge in [0.2, 0.25) is 0 Å². The van der Waals surface area contributed by atoms with Gasteiger partial charge in [-0.3, -0.25) is 0 Å². The minimum absolute atomic E-state index is 0.546. The summed E-state index contributed by atoms with van der Waals surface area (Å²) in [6.07, 6.45) is 2.68. The fraction of sp³-hybridized carbons (Fsp3) is 0.600. The van der Waals surface area contributed by atoms with Crippen molar-refractivity contribution in [1.29, 1.82) is 0 Å². The van der Waals surface area contributed by atoms with Crippen molar-refractivity contribution >= 4 is 28.3 Å². The van der Waals surface area contributed by atoms with E-state index in [1.807, 2.05) is 0 Å². The van der Waals surface area contributed by atoms with Gasteiger partial charge in [0, 0.05) is 21.8 Å². The Morgan fingerprint density at radius 1 is 1.44 bits per heavy atom. The van der Waals surface area contributed by atoms with Crippen molar-refractivity contribution in [2.24, 2.45) is 5.92 Å². The molecule has 0 saturated carbocycles. The molecule has 2 rings (SSSR count). The van der Waals surface area contributed by atoms with Crippen LogP contribution in [0, 0.1) is 16.4 Å². The van der Waals surface area contributed by atoms with Crippen LogP contribution in [0.25, 0.3) is 0 Å². The van der Waals surface area contributed by atoms with E-state index in [1.165, 1.54) is 40.8 Å². The summed E-state index contributed by atoms with van der Waals surface area (Å²) in [5.41, 5.74) is 2.66. The third kappa shape index (κ3) is 3.38. The van der Waals surface area contributed by atoms with Crippen LogP contribution in [0.5, 0.6) is 0 Å². The number of halogens is 1. The summed E-state index contributed by atoms with van der Waals surface area (Å²) in [5, 5.41) is 3.71. The van der Waals surface area contributed by atoms with Crippen LogP contribution in [0.4, 0.5) is 5.69 Å². The molecule has 0 aliphatic carbocycles. The summed E-state index contributed by atoms with van der Waals surface area (Å²) < 4.78 is 1.34. The minimum Gasteiger partial charge on any atom is -0.382 e. The molecule has 1 aromatic carbocycles. The second-order valence-corrected chi connectivity index (χ2v) is 6.67. The van der Waals surface area contributed by atoms with E-state index in [4.69, 9.17) is 0 Å². The maximum absolute atomic E-state index is 3.71. The van der Waals surface area contributed by atoms with E-state index in [2.05, 4.69) is 71.9 Å². The zero-order valence-corrected chi connectivity index (χ0v) is 13.7. The standard InChI is InChI=1S/C15H23IN2/c1-11-14(16)7-4-8-15(11)17-12(2)13-6-5-9-18(3)10-13/h4,7-8,12-13,17H,5-6,9-10H2,1-3H3. The summed E-state index contributed by atoms with van der Waals surface area (Å²) in [5.74, 6) is 0.765. The van der Waals surface area contributed by atoms with Gasteiger partial charge in [-0.2, -0.15) is 0 Å². The number of piperidine rings is 1. The lowest BCUT2D eigenvalue weighted by Gasteiger charge is -2.34. The molecule has 2 unspecified atom stereocenters. The Bertz CT molecular complexity index is 405. The van der Waals surface area contributed by atoms with Gasteiger partial charge in [-0.25, -0.2) is 0 Å². The number of hydrogen-bond donors (Lipinski definition) is 1. The Labute approximate surface area is 124 Å². The molecule has 0 aromatic heterocycles. The van der Waals surface area contributed by atoms with Crippen molar-refractivity contribution in [3.05, 3.63) is 27.3 Å². The molecule has 0 bridgehead atoms. The molecule has 0 radical (unpaired) electrons. The number of nitrogens with zero attached hydrogens (tertiary/aromatic N) is 1. The summed E-state index contributed by atoms with van der Waals surface area (Å²) in [6.45, 7) is 7.00. The molecule has 1 aliphatic heterocycles. The molecular weight excluding hydrogens is 335 g/mol. The Balaban J connectivity index is 2.02. The van der Waals surface area contributed by atoms with E-state index in [0.29, 0.717) is 6.04 Å². The lowest BCUT2D eigenvalue weighted by molar-refractivity contribution is 0.197. The van der Waals surface area contributed by atoms with Crippen LogP contribution in [0.1, 0.15) is 25.3 Å². The van der Waals surface area contributed by atoms with Crippen LogP contribution in [-0.2, 0) is 0 Å². The molecule has 1 aliphatic rings. The molecule has 1 N–H and O–H groups in total. The molecule has 0 spiro atoms. The molecule has 1 heterocycles. The first-order chi connectivity index (χ1) is 8.58. The van der Waals surface area contributed by atoms with Gasteiger partial charge in [0.15, 0.2) is 0 Å². The Morgan fingerprint density at radius 2 is 2.22 bits per heavy atom. The van der Waals surface area contributed by atoms with Crippen LogP contribution >= 0.6 is 22.6 Å². The first-order valence-corrected chi connectivity index (χ1v) is 7.86. The predicted octanol–water partition coefficient (Wildman–Crippen LogP) is 3.74. The highest BCUT2D eigenvalue weighted by Gasteiger charge is 2.22. The van der Waals surface area contributed by atoms with Gasteiger partial charge < -0.3 is 10.2 Å². The van der Waals surface area contributed by atoms with Crippen LogP contribution in [0.2, 0.25) is 0 Å². The predicted molar refractivity (Wildman–Crippen MR) is 87.2 cm³/mol. The molecule has 1 saturated heterocycles. The Hall–Kier alpha value is -0.290. The molecular formula is C15H23IN2. The molecule has 100 valence electrons. The van der Waals surface area contributed by atoms with E-state index in [-0.39, 0.29) is 0 Å². The maximum Gasteiger partial charge on any atom is 0.0382 e. The van der Waals surface area contributed by atoms with E-state index in [9.17, 15) is 0 Å². The van der Waals surface area contributed by atoms with Crippen molar-refractivity contribution in [1.82, 2.24) is 4.90 Å². The normalized spacial score (nSPS) is 22.8. The fourth-order valence-corrected chi connectivity index (χ4v) is 3.24. The molecule has 0 amide bonds. The SMILES string of the molecule is Cc1c(I)cccc1NC(C)C1CCCN(C)C1. The van der Waals surface area contributed by atoms with Crippen molar-refractivity contribution in [2.75, 3.05) is 25.5 Å². The monoisotopic (exact) mass is 358 g/mol. The number of nitrogens with one attached hydrogen (secondary N) is 1. The number of hydrogen-bond acceptors (Lipinski definition) is 2. The number of rotatable bonds is 3. The quantitative estimate of drug-likeness (QED) is 0.829. The summed E-state index contributed by atoms with van der Waals surface area (Å²) in [7, 11) is 2.23. The van der Waals surface area contributed by atoms with Crippen LogP contribution < -0.4 is 5.32 Å². The van der Waals surface area contributed by atoms with Gasteiger partial charge in [-0.05, 0) is 86.5 Å². The summed E-state index contributed by atoms with van der Waals surface area (Å²) in [4.78, 5) is 2.45. The second kappa shape index (κ2) is 6.24. The molecule has 1 aromatic rings. The maximum atomic E-state index is 3.71. The van der Waals surface area contributed by atoms with Crippen LogP contribution in [0.15, 0.2) is 18.2 Å². The smallest absolute Gasteiger partial charge is 0.0382 e. The van der Waals surface area contributed by atoms with Gasteiger partial charge in [0.05, 0.1) is 0 Å². The van der Waals surface area contributed by atoms with E-state index >= 15 is 0 Å². The third-order valence-electron chi connectivity index (χ3n) is 4.02. The number of benzene rings is 1. The van der Waals surface area contributed by atoms with Gasteiger partial charge >= 0.3 is 0 Å². The van der Waals surface area contributed by atoms with Gasteiger partial charge in [-0.15, -0.1) is 0 Å². The Kier molecular flexibility index (Phi) is 4.90. The largest absolute Gasteiger partial charge is 0.382 e. The third-order valence-corrected chi connectivity index (χ3v) is 5.19. The highest BCUT2D eigenvalue weighted by atomic mass is 127. The second-order valence-electron chi connectivity index (χ2n) is 5.51. The minimum atomic E-state index is 0.546. The first-order valence-electron chi connectivity index (χ1n) is 6.78. The average Bonchev–Trinajstić information content (AvgIpc) is 2.35. The highest BCUT2D eigenvalue weighted by Crippen LogP contribution is 2.25. The van der Waals surface area contributed by atoms with Crippen molar-refractivity contribution < 1.29 is 0 Å². The lowest BCUT2D eigenvalue weighted by Crippen LogP contribution is -2.40. The van der Waals surface area contributed by atoms with E-state index in [0.717, 1.165) is 5.92 Å². The van der Waals surface area contributed by atoms with Gasteiger partial charge in [0.1, 0.15) is 0 Å². The summed E-state index contributed by atoms with van der Waals surface area (Å²) in [6, 6.07) is 7.04. The highest BCUT2D eigenvalue weighted by molar-refractivity contribution is 14.1. The molecule has 3 heteroatoms. The number of likely N-dealkylation sites (tertiary alicyclic amines) is 1. The molecule has 18 heavy (non-hydrogen) atoms. The molecule has 1 fully saturated rings. The van der Waals surface area contributed by atoms with Crippen molar-refractivity contribution in [3.63, 3.8) is 0 Å². The average molecular weight is 358 g/mol. The molecule has 2 atom stereocenters.